The zero-order chi connectivity index (χ0) is 25.5. The molecule has 2 aromatic carbocycles. The van der Waals surface area contributed by atoms with Gasteiger partial charge in [-0.25, -0.2) is 4.57 Å². The van der Waals surface area contributed by atoms with Crippen molar-refractivity contribution in [2.45, 2.75) is 39.3 Å². The summed E-state index contributed by atoms with van der Waals surface area (Å²) in [6, 6.07) is 13.1. The molecule has 3 aromatic rings. The highest BCUT2D eigenvalue weighted by atomic mass is 16.5. The van der Waals surface area contributed by atoms with Gasteiger partial charge >= 0.3 is 0 Å². The molecule has 1 atom stereocenters. The number of ketones is 1. The van der Waals surface area contributed by atoms with Gasteiger partial charge in [0.2, 0.25) is 12.1 Å². The number of carbonyl (C=O) groups is 2. The van der Waals surface area contributed by atoms with Crippen molar-refractivity contribution in [3.05, 3.63) is 84.0 Å². The summed E-state index contributed by atoms with van der Waals surface area (Å²) in [5, 5.41) is 13.6. The lowest BCUT2D eigenvalue weighted by Crippen LogP contribution is -2.36. The molecule has 1 N–H and O–H groups in total. The van der Waals surface area contributed by atoms with Gasteiger partial charge < -0.3 is 19.5 Å². The molecule has 36 heavy (non-hydrogen) atoms. The number of nitrogens with one attached hydrogen (secondary N) is 1. The lowest BCUT2D eigenvalue weighted by molar-refractivity contribution is -0.695. The van der Waals surface area contributed by atoms with Crippen molar-refractivity contribution in [2.75, 3.05) is 19.8 Å². The Balaban J connectivity index is 1.71. The first-order valence-corrected chi connectivity index (χ1v) is 12.3. The fourth-order valence-electron chi connectivity index (χ4n) is 4.35. The van der Waals surface area contributed by atoms with Gasteiger partial charge in [0.05, 0.1) is 25.8 Å². The number of ether oxygens (including phenoxy) is 2. The van der Waals surface area contributed by atoms with Crippen molar-refractivity contribution < 1.29 is 28.7 Å². The predicted molar refractivity (Wildman–Crippen MR) is 132 cm³/mol. The van der Waals surface area contributed by atoms with Crippen LogP contribution in [0.1, 0.15) is 43.9 Å². The summed E-state index contributed by atoms with van der Waals surface area (Å²) in [7, 11) is 0. The number of likely N-dealkylation sites (tertiary alicyclic amines) is 1. The van der Waals surface area contributed by atoms with E-state index in [4.69, 9.17) is 9.47 Å². The quantitative estimate of drug-likeness (QED) is 0.193. The Bertz CT molecular complexity index is 1220. The number of hydrogen-bond donors (Lipinski definition) is 1. The lowest BCUT2D eigenvalue weighted by atomic mass is 9.95. The van der Waals surface area contributed by atoms with Crippen LogP contribution < -0.4 is 19.1 Å². The first kappa shape index (κ1) is 25.0. The molecular weight excluding hydrogens is 458 g/mol. The molecular formula is C28H31N3O5. The minimum absolute atomic E-state index is 0.0360. The maximum absolute atomic E-state index is 13.6. The third-order valence-corrected chi connectivity index (χ3v) is 6.02. The van der Waals surface area contributed by atoms with E-state index in [0.29, 0.717) is 55.4 Å². The summed E-state index contributed by atoms with van der Waals surface area (Å²) < 4.78 is 13.2. The third-order valence-electron chi connectivity index (χ3n) is 6.02. The highest BCUT2D eigenvalue weighted by Gasteiger charge is 2.44. The van der Waals surface area contributed by atoms with Crippen LogP contribution in [0.25, 0.3) is 5.76 Å². The number of imidazole rings is 1. The summed E-state index contributed by atoms with van der Waals surface area (Å²) in [4.78, 5) is 30.9. The number of rotatable bonds is 11. The van der Waals surface area contributed by atoms with Gasteiger partial charge in [-0.2, -0.15) is 0 Å². The number of nitrogens with zero attached hydrogens (tertiary/aromatic N) is 2. The molecule has 0 saturated carbocycles. The molecule has 188 valence electrons. The molecule has 8 nitrogen and oxygen atoms in total. The second kappa shape index (κ2) is 11.6. The number of amides is 1. The van der Waals surface area contributed by atoms with Crippen LogP contribution in [0.3, 0.4) is 0 Å². The first-order valence-electron chi connectivity index (χ1n) is 12.3. The van der Waals surface area contributed by atoms with E-state index in [0.717, 1.165) is 6.42 Å². The molecule has 1 saturated heterocycles. The summed E-state index contributed by atoms with van der Waals surface area (Å²) in [5.74, 6) is -0.601. The van der Waals surface area contributed by atoms with E-state index in [1.807, 2.05) is 61.4 Å². The Kier molecular flexibility index (Phi) is 8.05. The number of benzene rings is 2. The molecule has 0 radical (unpaired) electrons. The molecule has 1 amide bonds. The van der Waals surface area contributed by atoms with E-state index >= 15 is 0 Å². The zero-order valence-corrected chi connectivity index (χ0v) is 20.6. The summed E-state index contributed by atoms with van der Waals surface area (Å²) in [6.07, 6.45) is 7.01. The maximum Gasteiger partial charge on any atom is 0.295 e. The van der Waals surface area contributed by atoms with E-state index < -0.39 is 23.5 Å². The van der Waals surface area contributed by atoms with Crippen molar-refractivity contribution in [3.8, 4) is 11.5 Å². The standard InChI is InChI=1S/C28H31N3O5/c1-3-17-36-23-8-5-7-21(18-23)25-24(26(32)20-9-11-22(12-10-20)35-4-2)27(33)28(34)31(25)15-6-14-30-16-13-29-19-30/h5,7-13,16,18-19,25H,3-4,6,14-15,17H2,1-2H3,(H,32,33). The van der Waals surface area contributed by atoms with Crippen LogP contribution in [0.4, 0.5) is 0 Å². The minimum Gasteiger partial charge on any atom is -0.872 e. The van der Waals surface area contributed by atoms with Gasteiger partial charge in [0.15, 0.2) is 0 Å². The van der Waals surface area contributed by atoms with Gasteiger partial charge in [-0.3, -0.25) is 14.6 Å². The molecule has 8 heteroatoms. The smallest absolute Gasteiger partial charge is 0.295 e. The number of carbonyl (C=O) groups excluding carboxylic acids is 2. The molecule has 0 bridgehead atoms. The molecule has 2 heterocycles. The van der Waals surface area contributed by atoms with E-state index in [2.05, 4.69) is 4.98 Å². The van der Waals surface area contributed by atoms with Gasteiger partial charge in [-0.15, -0.1) is 0 Å². The Morgan fingerprint density at radius 3 is 2.58 bits per heavy atom. The van der Waals surface area contributed by atoms with Crippen molar-refractivity contribution in [2.24, 2.45) is 0 Å². The Morgan fingerprint density at radius 1 is 1.08 bits per heavy atom. The highest BCUT2D eigenvalue weighted by Crippen LogP contribution is 2.39. The third kappa shape index (κ3) is 5.43. The van der Waals surface area contributed by atoms with Gasteiger partial charge in [0.25, 0.3) is 5.91 Å². The fourth-order valence-corrected chi connectivity index (χ4v) is 4.35. The summed E-state index contributed by atoms with van der Waals surface area (Å²) in [6.45, 7) is 5.94. The van der Waals surface area contributed by atoms with E-state index in [1.165, 1.54) is 4.90 Å². The normalized spacial score (nSPS) is 16.9. The number of aryl methyl sites for hydroxylation is 1. The molecule has 1 unspecified atom stereocenters. The second-order valence-corrected chi connectivity index (χ2v) is 8.55. The highest BCUT2D eigenvalue weighted by molar-refractivity contribution is 6.46. The Hall–Kier alpha value is -4.07. The zero-order valence-electron chi connectivity index (χ0n) is 20.6. The van der Waals surface area contributed by atoms with E-state index in [9.17, 15) is 14.7 Å². The van der Waals surface area contributed by atoms with Gasteiger partial charge in [-0.1, -0.05) is 36.9 Å². The van der Waals surface area contributed by atoms with Crippen LogP contribution in [0.15, 0.2) is 72.8 Å². The van der Waals surface area contributed by atoms with Crippen LogP contribution in [-0.2, 0) is 16.1 Å². The largest absolute Gasteiger partial charge is 0.872 e. The number of Topliss-reactive ketones (excluding diaryl/α,β-unsaturated/α-hetero) is 1. The van der Waals surface area contributed by atoms with Crippen LogP contribution >= 0.6 is 0 Å². The monoisotopic (exact) mass is 489 g/mol. The van der Waals surface area contributed by atoms with Crippen molar-refractivity contribution >= 4 is 17.4 Å². The van der Waals surface area contributed by atoms with Gasteiger partial charge in [0, 0.05) is 18.5 Å². The number of aromatic amines is 1. The van der Waals surface area contributed by atoms with Crippen LogP contribution in [0.5, 0.6) is 11.5 Å². The van der Waals surface area contributed by atoms with Crippen molar-refractivity contribution in [1.82, 2.24) is 9.88 Å². The molecule has 0 spiro atoms. The average Bonchev–Trinajstić information content (AvgIpc) is 3.50. The molecule has 1 aromatic heterocycles. The molecule has 1 fully saturated rings. The fraction of sp³-hybridized carbons (Fsp3) is 0.321. The minimum atomic E-state index is -0.787. The van der Waals surface area contributed by atoms with Crippen LogP contribution in [0, 0.1) is 0 Å². The lowest BCUT2D eigenvalue weighted by Gasteiger charge is -2.27. The topological polar surface area (TPSA) is 98.6 Å². The second-order valence-electron chi connectivity index (χ2n) is 8.55. The molecule has 0 aliphatic carbocycles. The molecule has 1 aliphatic rings. The summed E-state index contributed by atoms with van der Waals surface area (Å²) >= 11 is 0. The SMILES string of the molecule is CCCOc1cccc(C2/C(=C(\[O-])c3ccc(OCC)cc3)C(=O)C(=O)N2CCC[n+]2cc[nH]c2)c1. The van der Waals surface area contributed by atoms with Crippen LogP contribution in [0.2, 0.25) is 0 Å². The van der Waals surface area contributed by atoms with Crippen LogP contribution in [-0.4, -0.2) is 41.3 Å². The van der Waals surface area contributed by atoms with E-state index in [-0.39, 0.29) is 5.57 Å². The number of H-pyrrole nitrogens is 1. The first-order chi connectivity index (χ1) is 17.5. The maximum atomic E-state index is 13.6. The van der Waals surface area contributed by atoms with Gasteiger partial charge in [-0.05, 0) is 48.7 Å². The van der Waals surface area contributed by atoms with Crippen molar-refractivity contribution in [3.63, 3.8) is 0 Å². The number of hydrogen-bond acceptors (Lipinski definition) is 5. The van der Waals surface area contributed by atoms with E-state index in [1.54, 1.807) is 24.3 Å². The number of aromatic nitrogens is 2. The van der Waals surface area contributed by atoms with Gasteiger partial charge in [0.1, 0.15) is 23.9 Å². The summed E-state index contributed by atoms with van der Waals surface area (Å²) in [5.41, 5.74) is 0.972. The molecule has 1 aliphatic heterocycles. The molecule has 4 rings (SSSR count). The Labute approximate surface area is 210 Å². The Morgan fingerprint density at radius 2 is 1.89 bits per heavy atom. The predicted octanol–water partition coefficient (Wildman–Crippen LogP) is 2.80. The van der Waals surface area contributed by atoms with Crippen molar-refractivity contribution in [1.29, 1.82) is 0 Å². The average molecular weight is 490 g/mol.